The Morgan fingerprint density at radius 2 is 1.81 bits per heavy atom. The summed E-state index contributed by atoms with van der Waals surface area (Å²) in [5.74, 6) is 0. The highest BCUT2D eigenvalue weighted by molar-refractivity contribution is 5.83. The average molecular weight is 282 g/mol. The minimum absolute atomic E-state index is 0.244. The Balaban J connectivity index is 1.89. The van der Waals surface area contributed by atoms with Crippen molar-refractivity contribution in [1.29, 1.82) is 0 Å². The van der Waals surface area contributed by atoms with E-state index < -0.39 is 0 Å². The van der Waals surface area contributed by atoms with Gasteiger partial charge in [0.25, 0.3) is 0 Å². The van der Waals surface area contributed by atoms with Crippen LogP contribution in [0.5, 0.6) is 0 Å². The number of likely N-dealkylation sites (tertiary alicyclic amines) is 1. The molecule has 0 amide bonds. The van der Waals surface area contributed by atoms with Crippen molar-refractivity contribution in [2.45, 2.75) is 51.2 Å². The summed E-state index contributed by atoms with van der Waals surface area (Å²) < 4.78 is 0. The lowest BCUT2D eigenvalue weighted by Gasteiger charge is -2.42. The molecular formula is C19H26N2. The van der Waals surface area contributed by atoms with Crippen molar-refractivity contribution >= 4 is 10.8 Å². The first-order valence-electron chi connectivity index (χ1n) is 8.17. The minimum atomic E-state index is 0.244. The van der Waals surface area contributed by atoms with Crippen LogP contribution in [-0.4, -0.2) is 23.5 Å². The zero-order chi connectivity index (χ0) is 14.8. The van der Waals surface area contributed by atoms with E-state index in [4.69, 9.17) is 5.73 Å². The molecule has 1 aliphatic rings. The first kappa shape index (κ1) is 14.6. The maximum atomic E-state index is 6.22. The van der Waals surface area contributed by atoms with Gasteiger partial charge in [-0.3, -0.25) is 4.90 Å². The predicted octanol–water partition coefficient (Wildman–Crippen LogP) is 4.10. The molecule has 3 rings (SSSR count). The molecule has 0 aromatic heterocycles. The van der Waals surface area contributed by atoms with Gasteiger partial charge in [0, 0.05) is 18.1 Å². The summed E-state index contributed by atoms with van der Waals surface area (Å²) >= 11 is 0. The molecule has 2 nitrogen and oxygen atoms in total. The van der Waals surface area contributed by atoms with E-state index >= 15 is 0 Å². The Morgan fingerprint density at radius 1 is 1.05 bits per heavy atom. The van der Waals surface area contributed by atoms with Crippen molar-refractivity contribution in [3.8, 4) is 0 Å². The molecule has 0 saturated carbocycles. The van der Waals surface area contributed by atoms with Crippen LogP contribution in [-0.2, 0) is 0 Å². The third kappa shape index (κ3) is 2.97. The Morgan fingerprint density at radius 3 is 2.57 bits per heavy atom. The van der Waals surface area contributed by atoms with E-state index in [2.05, 4.69) is 61.2 Å². The van der Waals surface area contributed by atoms with Gasteiger partial charge in [0.2, 0.25) is 0 Å². The lowest BCUT2D eigenvalue weighted by molar-refractivity contribution is 0.0891. The zero-order valence-electron chi connectivity index (χ0n) is 13.1. The minimum Gasteiger partial charge on any atom is -0.327 e. The number of nitrogens with zero attached hydrogens (tertiary/aromatic N) is 1. The van der Waals surface area contributed by atoms with Crippen LogP contribution in [0, 0.1) is 0 Å². The van der Waals surface area contributed by atoms with E-state index in [-0.39, 0.29) is 6.04 Å². The van der Waals surface area contributed by atoms with E-state index in [0.717, 1.165) is 0 Å². The van der Waals surface area contributed by atoms with Crippen molar-refractivity contribution in [2.24, 2.45) is 5.73 Å². The zero-order valence-corrected chi connectivity index (χ0v) is 13.1. The van der Waals surface area contributed by atoms with Crippen LogP contribution in [0.3, 0.4) is 0 Å². The SMILES string of the molecule is CC(N)C1CCCCN1C(C)c1ccc2ccccc2c1. The summed E-state index contributed by atoms with van der Waals surface area (Å²) in [6.45, 7) is 5.64. The summed E-state index contributed by atoms with van der Waals surface area (Å²) in [4.78, 5) is 2.61. The highest BCUT2D eigenvalue weighted by Crippen LogP contribution is 2.30. The predicted molar refractivity (Wildman–Crippen MR) is 90.4 cm³/mol. The largest absolute Gasteiger partial charge is 0.327 e. The molecule has 112 valence electrons. The van der Waals surface area contributed by atoms with E-state index in [1.54, 1.807) is 0 Å². The molecule has 2 aromatic carbocycles. The summed E-state index contributed by atoms with van der Waals surface area (Å²) in [7, 11) is 0. The standard InChI is InChI=1S/C19H26N2/c1-14(20)19-9-5-6-12-21(19)15(2)17-11-10-16-7-3-4-8-18(16)13-17/h3-4,7-8,10-11,13-15,19H,5-6,9,12,20H2,1-2H3. The summed E-state index contributed by atoms with van der Waals surface area (Å²) in [6, 6.07) is 16.6. The lowest BCUT2D eigenvalue weighted by atomic mass is 9.92. The number of piperidine rings is 1. The first-order chi connectivity index (χ1) is 10.2. The molecule has 1 fully saturated rings. The molecule has 1 saturated heterocycles. The number of rotatable bonds is 3. The van der Waals surface area contributed by atoms with Gasteiger partial charge in [-0.25, -0.2) is 0 Å². The van der Waals surface area contributed by atoms with Crippen LogP contribution in [0.1, 0.15) is 44.7 Å². The molecule has 2 aromatic rings. The molecule has 21 heavy (non-hydrogen) atoms. The van der Waals surface area contributed by atoms with Gasteiger partial charge in [-0.05, 0) is 55.6 Å². The maximum Gasteiger partial charge on any atom is 0.0323 e. The quantitative estimate of drug-likeness (QED) is 0.918. The molecular weight excluding hydrogens is 256 g/mol. The summed E-state index contributed by atoms with van der Waals surface area (Å²) in [5, 5.41) is 2.65. The van der Waals surface area contributed by atoms with Gasteiger partial charge in [0.1, 0.15) is 0 Å². The van der Waals surface area contributed by atoms with Crippen LogP contribution in [0.15, 0.2) is 42.5 Å². The molecule has 0 aliphatic carbocycles. The van der Waals surface area contributed by atoms with Crippen LogP contribution >= 0.6 is 0 Å². The van der Waals surface area contributed by atoms with Crippen molar-refractivity contribution in [2.75, 3.05) is 6.54 Å². The van der Waals surface area contributed by atoms with Gasteiger partial charge in [0.05, 0.1) is 0 Å². The lowest BCUT2D eigenvalue weighted by Crippen LogP contribution is -2.49. The third-order valence-corrected chi connectivity index (χ3v) is 4.95. The molecule has 3 atom stereocenters. The molecule has 0 spiro atoms. The van der Waals surface area contributed by atoms with Crippen molar-refractivity contribution in [3.63, 3.8) is 0 Å². The second-order valence-electron chi connectivity index (χ2n) is 6.44. The third-order valence-electron chi connectivity index (χ3n) is 4.95. The second-order valence-corrected chi connectivity index (χ2v) is 6.44. The fourth-order valence-corrected chi connectivity index (χ4v) is 3.68. The molecule has 0 bridgehead atoms. The molecule has 1 aliphatic heterocycles. The average Bonchev–Trinajstić information content (AvgIpc) is 2.53. The monoisotopic (exact) mass is 282 g/mol. The van der Waals surface area contributed by atoms with E-state index in [0.29, 0.717) is 12.1 Å². The van der Waals surface area contributed by atoms with Gasteiger partial charge < -0.3 is 5.73 Å². The maximum absolute atomic E-state index is 6.22. The van der Waals surface area contributed by atoms with Crippen molar-refractivity contribution < 1.29 is 0 Å². The molecule has 2 heteroatoms. The molecule has 1 heterocycles. The second kappa shape index (κ2) is 6.17. The van der Waals surface area contributed by atoms with E-state index in [1.807, 2.05) is 0 Å². The Labute approximate surface area is 127 Å². The number of benzene rings is 2. The first-order valence-corrected chi connectivity index (χ1v) is 8.17. The molecule has 0 radical (unpaired) electrons. The van der Waals surface area contributed by atoms with Crippen LogP contribution < -0.4 is 5.73 Å². The van der Waals surface area contributed by atoms with Gasteiger partial charge in [-0.2, -0.15) is 0 Å². The van der Waals surface area contributed by atoms with Crippen LogP contribution in [0.4, 0.5) is 0 Å². The number of hydrogen-bond acceptors (Lipinski definition) is 2. The number of nitrogens with two attached hydrogens (primary N) is 1. The number of hydrogen-bond donors (Lipinski definition) is 1. The summed E-state index contributed by atoms with van der Waals surface area (Å²) in [6.07, 6.45) is 3.84. The topological polar surface area (TPSA) is 29.3 Å². The van der Waals surface area contributed by atoms with Gasteiger partial charge >= 0.3 is 0 Å². The van der Waals surface area contributed by atoms with Gasteiger partial charge in [0.15, 0.2) is 0 Å². The van der Waals surface area contributed by atoms with Gasteiger partial charge in [-0.1, -0.05) is 42.8 Å². The van der Waals surface area contributed by atoms with Crippen LogP contribution in [0.2, 0.25) is 0 Å². The summed E-state index contributed by atoms with van der Waals surface area (Å²) in [5.41, 5.74) is 7.63. The fourth-order valence-electron chi connectivity index (χ4n) is 3.68. The van der Waals surface area contributed by atoms with Crippen molar-refractivity contribution in [3.05, 3.63) is 48.0 Å². The normalized spacial score (nSPS) is 23.1. The molecule has 2 N–H and O–H groups in total. The Hall–Kier alpha value is -1.38. The number of fused-ring (bicyclic) bond motifs is 1. The Kier molecular flexibility index (Phi) is 4.27. The van der Waals surface area contributed by atoms with Gasteiger partial charge in [-0.15, -0.1) is 0 Å². The highest BCUT2D eigenvalue weighted by Gasteiger charge is 2.29. The van der Waals surface area contributed by atoms with Crippen LogP contribution in [0.25, 0.3) is 10.8 Å². The van der Waals surface area contributed by atoms with Crippen molar-refractivity contribution in [1.82, 2.24) is 4.90 Å². The highest BCUT2D eigenvalue weighted by atomic mass is 15.2. The Bertz CT molecular complexity index is 605. The van der Waals surface area contributed by atoms with E-state index in [1.165, 1.54) is 42.1 Å². The smallest absolute Gasteiger partial charge is 0.0323 e. The fraction of sp³-hybridized carbons (Fsp3) is 0.474. The molecule has 3 unspecified atom stereocenters. The van der Waals surface area contributed by atoms with E-state index in [9.17, 15) is 0 Å².